The molecule has 0 aliphatic heterocycles. The Kier molecular flexibility index (Phi) is 6.13. The maximum Gasteiger partial charge on any atom is 0.258 e. The van der Waals surface area contributed by atoms with E-state index in [1.54, 1.807) is 24.3 Å². The summed E-state index contributed by atoms with van der Waals surface area (Å²) in [5.41, 5.74) is 3.19. The number of hydrogen-bond donors (Lipinski definition) is 3. The highest BCUT2D eigenvalue weighted by Crippen LogP contribution is 2.18. The predicted octanol–water partition coefficient (Wildman–Crippen LogP) is 1.44. The zero-order valence-electron chi connectivity index (χ0n) is 13.7. The van der Waals surface area contributed by atoms with Gasteiger partial charge >= 0.3 is 0 Å². The van der Waals surface area contributed by atoms with Crippen molar-refractivity contribution in [1.82, 2.24) is 9.79 Å². The number of hydrogen-bond acceptors (Lipinski definition) is 5. The van der Waals surface area contributed by atoms with Crippen LogP contribution in [0.25, 0.3) is 0 Å². The lowest BCUT2D eigenvalue weighted by Gasteiger charge is -2.21. The van der Waals surface area contributed by atoms with Gasteiger partial charge in [-0.05, 0) is 43.2 Å². The molecule has 134 valence electrons. The minimum Gasteiger partial charge on any atom is -0.508 e. The van der Waals surface area contributed by atoms with Crippen LogP contribution < -0.4 is 5.48 Å². The summed E-state index contributed by atoms with van der Waals surface area (Å²) in [6.07, 6.45) is 0.351. The number of aromatic hydroxyl groups is 1. The first-order valence-electron chi connectivity index (χ1n) is 7.60. The zero-order valence-corrected chi connectivity index (χ0v) is 14.5. The molecule has 0 radical (unpaired) electrons. The van der Waals surface area contributed by atoms with Gasteiger partial charge in [0.25, 0.3) is 5.91 Å². The fourth-order valence-electron chi connectivity index (χ4n) is 2.26. The van der Waals surface area contributed by atoms with E-state index in [2.05, 4.69) is 0 Å². The summed E-state index contributed by atoms with van der Waals surface area (Å²) in [6.45, 7) is 1.40. The molecule has 0 atom stereocenters. The average molecular weight is 364 g/mol. The molecule has 7 nitrogen and oxygen atoms in total. The molecule has 0 bridgehead atoms. The van der Waals surface area contributed by atoms with Gasteiger partial charge in [0.1, 0.15) is 5.75 Å². The number of aryl methyl sites for hydroxylation is 1. The van der Waals surface area contributed by atoms with Crippen LogP contribution in [0.3, 0.4) is 0 Å². The van der Waals surface area contributed by atoms with Crippen molar-refractivity contribution in [2.45, 2.75) is 18.2 Å². The molecule has 2 rings (SSSR count). The van der Waals surface area contributed by atoms with Gasteiger partial charge in [-0.25, -0.2) is 13.9 Å². The highest BCUT2D eigenvalue weighted by Gasteiger charge is 2.26. The average Bonchev–Trinajstić information content (AvgIpc) is 2.60. The van der Waals surface area contributed by atoms with Crippen LogP contribution >= 0.6 is 0 Å². The van der Waals surface area contributed by atoms with Gasteiger partial charge in [0.15, 0.2) is 0 Å². The topological polar surface area (TPSA) is 107 Å². The molecule has 0 fully saturated rings. The molecular formula is C17H20N2O5S. The first-order valence-corrected chi connectivity index (χ1v) is 9.04. The van der Waals surface area contributed by atoms with Crippen molar-refractivity contribution in [1.29, 1.82) is 0 Å². The molecule has 2 aromatic rings. The molecule has 0 unspecified atom stereocenters. The molecule has 0 aliphatic carbocycles. The summed E-state index contributed by atoms with van der Waals surface area (Å²) >= 11 is 0. The van der Waals surface area contributed by atoms with E-state index in [-0.39, 0.29) is 17.2 Å². The molecule has 0 saturated heterocycles. The number of nitrogens with zero attached hydrogens (tertiary/aromatic N) is 1. The van der Waals surface area contributed by atoms with Gasteiger partial charge in [0, 0.05) is 6.54 Å². The molecule has 2 aromatic carbocycles. The summed E-state index contributed by atoms with van der Waals surface area (Å²) < 4.78 is 26.6. The van der Waals surface area contributed by atoms with E-state index in [0.717, 1.165) is 15.4 Å². The highest BCUT2D eigenvalue weighted by molar-refractivity contribution is 7.89. The van der Waals surface area contributed by atoms with Crippen LogP contribution in [0, 0.1) is 6.92 Å². The van der Waals surface area contributed by atoms with Crippen molar-refractivity contribution in [2.24, 2.45) is 0 Å². The second kappa shape index (κ2) is 8.11. The maximum atomic E-state index is 12.8. The highest BCUT2D eigenvalue weighted by atomic mass is 32.2. The number of rotatable bonds is 7. The Bertz CT molecular complexity index is 817. The third-order valence-corrected chi connectivity index (χ3v) is 5.55. The Morgan fingerprint density at radius 1 is 1.08 bits per heavy atom. The van der Waals surface area contributed by atoms with E-state index in [0.29, 0.717) is 6.42 Å². The molecule has 0 aliphatic rings. The summed E-state index contributed by atoms with van der Waals surface area (Å²) in [4.78, 5) is 11.6. The standard InChI is InChI=1S/C17H20N2O5S/c1-13-2-8-16(9-3-13)25(23,24)19(12-17(21)18-22)11-10-14-4-6-15(20)7-5-14/h2-9,20,22H,10-12H2,1H3,(H,18,21). The Balaban J connectivity index is 2.23. The molecule has 0 heterocycles. The normalized spacial score (nSPS) is 11.5. The largest absolute Gasteiger partial charge is 0.508 e. The van der Waals surface area contributed by atoms with Gasteiger partial charge in [0.2, 0.25) is 10.0 Å². The number of sulfonamides is 1. The SMILES string of the molecule is Cc1ccc(S(=O)(=O)N(CCc2ccc(O)cc2)CC(=O)NO)cc1. The number of hydroxylamine groups is 1. The summed E-state index contributed by atoms with van der Waals surface area (Å²) in [5, 5.41) is 18.0. The van der Waals surface area contributed by atoms with Crippen LogP contribution in [-0.2, 0) is 21.2 Å². The number of amides is 1. The number of nitrogens with one attached hydrogen (secondary N) is 1. The third kappa shape index (κ3) is 5.02. The number of phenolic OH excluding ortho intramolecular Hbond substituents is 1. The Morgan fingerprint density at radius 2 is 1.68 bits per heavy atom. The second-order valence-electron chi connectivity index (χ2n) is 5.60. The molecule has 0 aromatic heterocycles. The molecular weight excluding hydrogens is 344 g/mol. The van der Waals surface area contributed by atoms with Gasteiger partial charge in [-0.3, -0.25) is 10.0 Å². The summed E-state index contributed by atoms with van der Waals surface area (Å²) in [5.74, 6) is -0.700. The zero-order chi connectivity index (χ0) is 18.4. The lowest BCUT2D eigenvalue weighted by molar-refractivity contribution is -0.129. The van der Waals surface area contributed by atoms with Crippen LogP contribution in [0.15, 0.2) is 53.4 Å². The Morgan fingerprint density at radius 3 is 2.24 bits per heavy atom. The third-order valence-electron chi connectivity index (χ3n) is 3.69. The fraction of sp³-hybridized carbons (Fsp3) is 0.235. The van der Waals surface area contributed by atoms with E-state index in [1.165, 1.54) is 29.7 Å². The minimum atomic E-state index is -3.89. The van der Waals surface area contributed by atoms with E-state index >= 15 is 0 Å². The molecule has 0 saturated carbocycles. The molecule has 1 amide bonds. The van der Waals surface area contributed by atoms with E-state index < -0.39 is 22.5 Å². The van der Waals surface area contributed by atoms with Gasteiger partial charge in [-0.2, -0.15) is 4.31 Å². The van der Waals surface area contributed by atoms with Gasteiger partial charge in [-0.1, -0.05) is 29.8 Å². The molecule has 25 heavy (non-hydrogen) atoms. The van der Waals surface area contributed by atoms with E-state index in [1.807, 2.05) is 6.92 Å². The summed E-state index contributed by atoms with van der Waals surface area (Å²) in [7, 11) is -3.89. The van der Waals surface area contributed by atoms with Crippen molar-refractivity contribution in [3.8, 4) is 5.75 Å². The Labute approximate surface area is 146 Å². The Hall–Kier alpha value is -2.42. The number of carbonyl (C=O) groups excluding carboxylic acids is 1. The molecule has 8 heteroatoms. The lowest BCUT2D eigenvalue weighted by Crippen LogP contribution is -2.40. The van der Waals surface area contributed by atoms with Crippen LogP contribution in [0.4, 0.5) is 0 Å². The van der Waals surface area contributed by atoms with Gasteiger partial charge in [-0.15, -0.1) is 0 Å². The predicted molar refractivity (Wildman–Crippen MR) is 91.7 cm³/mol. The van der Waals surface area contributed by atoms with Crippen LogP contribution in [0.5, 0.6) is 5.75 Å². The van der Waals surface area contributed by atoms with Gasteiger partial charge in [0.05, 0.1) is 11.4 Å². The first kappa shape index (κ1) is 18.9. The first-order chi connectivity index (χ1) is 11.8. The van der Waals surface area contributed by atoms with Gasteiger partial charge < -0.3 is 5.11 Å². The molecule has 0 spiro atoms. The van der Waals surface area contributed by atoms with Crippen molar-refractivity contribution < 1.29 is 23.5 Å². The monoisotopic (exact) mass is 364 g/mol. The smallest absolute Gasteiger partial charge is 0.258 e. The van der Waals surface area contributed by atoms with E-state index in [9.17, 15) is 18.3 Å². The summed E-state index contributed by atoms with van der Waals surface area (Å²) in [6, 6.07) is 12.7. The van der Waals surface area contributed by atoms with Crippen LogP contribution in [0.1, 0.15) is 11.1 Å². The maximum absolute atomic E-state index is 12.8. The lowest BCUT2D eigenvalue weighted by atomic mass is 10.1. The van der Waals surface area contributed by atoms with Crippen molar-refractivity contribution in [3.05, 3.63) is 59.7 Å². The quantitative estimate of drug-likeness (QED) is 0.509. The van der Waals surface area contributed by atoms with E-state index in [4.69, 9.17) is 5.21 Å². The van der Waals surface area contributed by atoms with Crippen molar-refractivity contribution in [2.75, 3.05) is 13.1 Å². The number of phenols is 1. The minimum absolute atomic E-state index is 0.0500. The van der Waals surface area contributed by atoms with Crippen molar-refractivity contribution in [3.63, 3.8) is 0 Å². The fourth-order valence-corrected chi connectivity index (χ4v) is 3.65. The molecule has 3 N–H and O–H groups in total. The second-order valence-corrected chi connectivity index (χ2v) is 7.54. The number of carbonyl (C=O) groups is 1. The van der Waals surface area contributed by atoms with Crippen LogP contribution in [-0.4, -0.2) is 42.0 Å². The van der Waals surface area contributed by atoms with Crippen molar-refractivity contribution >= 4 is 15.9 Å². The number of benzene rings is 2. The van der Waals surface area contributed by atoms with Crippen LogP contribution in [0.2, 0.25) is 0 Å².